The van der Waals surface area contributed by atoms with E-state index >= 15 is 0 Å². The summed E-state index contributed by atoms with van der Waals surface area (Å²) in [6.07, 6.45) is 0.278. The van der Waals surface area contributed by atoms with Gasteiger partial charge in [0.1, 0.15) is 0 Å². The molecule has 0 aliphatic rings. The van der Waals surface area contributed by atoms with Crippen LogP contribution in [0.5, 0.6) is 0 Å². The first-order chi connectivity index (χ1) is 8.56. The molecule has 0 unspecified atom stereocenters. The lowest BCUT2D eigenvalue weighted by atomic mass is 10.0. The van der Waals surface area contributed by atoms with Crippen LogP contribution in [0.3, 0.4) is 0 Å². The number of nitrogens with two attached hydrogens (primary N) is 1. The molecule has 0 radical (unpaired) electrons. The molecule has 0 aliphatic carbocycles. The van der Waals surface area contributed by atoms with Gasteiger partial charge in [0.25, 0.3) is 0 Å². The maximum Gasteiger partial charge on any atom is 0.167 e. The molecule has 0 saturated heterocycles. The molecule has 0 spiro atoms. The van der Waals surface area contributed by atoms with Gasteiger partial charge < -0.3 is 5.73 Å². The molecular formula is C14H11Cl2NO. The minimum atomic E-state index is 0.000638. The Morgan fingerprint density at radius 3 is 2.50 bits per heavy atom. The number of anilines is 1. The molecule has 0 aromatic heterocycles. The average Bonchev–Trinajstić information content (AvgIpc) is 2.34. The van der Waals surface area contributed by atoms with Gasteiger partial charge in [-0.3, -0.25) is 4.79 Å². The summed E-state index contributed by atoms with van der Waals surface area (Å²) in [5.41, 5.74) is 7.65. The molecule has 4 heteroatoms. The van der Waals surface area contributed by atoms with Crippen LogP contribution in [-0.2, 0) is 6.42 Å². The fourth-order valence-corrected chi connectivity index (χ4v) is 1.97. The van der Waals surface area contributed by atoms with Crippen molar-refractivity contribution in [3.63, 3.8) is 0 Å². The summed E-state index contributed by atoms with van der Waals surface area (Å²) in [6.45, 7) is 0. The van der Waals surface area contributed by atoms with Crippen LogP contribution < -0.4 is 5.73 Å². The molecule has 2 N–H and O–H groups in total. The van der Waals surface area contributed by atoms with E-state index in [9.17, 15) is 4.79 Å². The number of hydrogen-bond donors (Lipinski definition) is 1. The van der Waals surface area contributed by atoms with Crippen molar-refractivity contribution in [1.82, 2.24) is 0 Å². The van der Waals surface area contributed by atoms with E-state index in [1.807, 2.05) is 0 Å². The van der Waals surface area contributed by atoms with Gasteiger partial charge in [-0.1, -0.05) is 41.4 Å². The average molecular weight is 280 g/mol. The molecule has 2 aromatic carbocycles. The molecule has 0 heterocycles. The maximum atomic E-state index is 12.0. The number of carbonyl (C=O) groups excluding carboxylic acids is 1. The number of rotatable bonds is 3. The first-order valence-electron chi connectivity index (χ1n) is 5.39. The summed E-state index contributed by atoms with van der Waals surface area (Å²) < 4.78 is 0. The van der Waals surface area contributed by atoms with Crippen LogP contribution >= 0.6 is 23.2 Å². The fraction of sp³-hybridized carbons (Fsp3) is 0.0714. The van der Waals surface area contributed by atoms with Crippen molar-refractivity contribution in [3.8, 4) is 0 Å². The summed E-state index contributed by atoms with van der Waals surface area (Å²) in [7, 11) is 0. The van der Waals surface area contributed by atoms with Crippen LogP contribution in [0.1, 0.15) is 15.9 Å². The van der Waals surface area contributed by atoms with Crippen LogP contribution in [0.15, 0.2) is 42.5 Å². The molecule has 0 bridgehead atoms. The summed E-state index contributed by atoms with van der Waals surface area (Å²) in [6, 6.07) is 12.1. The predicted octanol–water partition coefficient (Wildman–Crippen LogP) is 4.00. The van der Waals surface area contributed by atoms with E-state index in [0.717, 1.165) is 5.56 Å². The van der Waals surface area contributed by atoms with E-state index < -0.39 is 0 Å². The highest BCUT2D eigenvalue weighted by Crippen LogP contribution is 2.23. The van der Waals surface area contributed by atoms with Crippen LogP contribution in [0.2, 0.25) is 10.0 Å². The molecule has 0 fully saturated rings. The van der Waals surface area contributed by atoms with E-state index in [2.05, 4.69) is 0 Å². The molecule has 0 amide bonds. The zero-order chi connectivity index (χ0) is 13.1. The van der Waals surface area contributed by atoms with Gasteiger partial charge in [0.15, 0.2) is 5.78 Å². The number of benzene rings is 2. The van der Waals surface area contributed by atoms with Crippen molar-refractivity contribution in [2.45, 2.75) is 6.42 Å². The summed E-state index contributed by atoms with van der Waals surface area (Å²) in [5, 5.41) is 0.936. The highest BCUT2D eigenvalue weighted by atomic mass is 35.5. The van der Waals surface area contributed by atoms with Crippen LogP contribution in [0, 0.1) is 0 Å². The van der Waals surface area contributed by atoms with Gasteiger partial charge in [0.2, 0.25) is 0 Å². The van der Waals surface area contributed by atoms with Crippen LogP contribution in [-0.4, -0.2) is 5.78 Å². The topological polar surface area (TPSA) is 43.1 Å². The van der Waals surface area contributed by atoms with Gasteiger partial charge in [0, 0.05) is 17.7 Å². The lowest BCUT2D eigenvalue weighted by Gasteiger charge is -2.04. The Bertz CT molecular complexity index is 596. The van der Waals surface area contributed by atoms with Crippen molar-refractivity contribution >= 4 is 34.7 Å². The molecule has 18 heavy (non-hydrogen) atoms. The Morgan fingerprint density at radius 1 is 1.06 bits per heavy atom. The lowest BCUT2D eigenvalue weighted by Crippen LogP contribution is -2.04. The minimum Gasteiger partial charge on any atom is -0.399 e. The Balaban J connectivity index is 2.18. The van der Waals surface area contributed by atoms with Crippen LogP contribution in [0.25, 0.3) is 0 Å². The summed E-state index contributed by atoms with van der Waals surface area (Å²) in [5.74, 6) is 0.000638. The Kier molecular flexibility index (Phi) is 3.90. The Morgan fingerprint density at radius 2 is 1.83 bits per heavy atom. The number of hydrogen-bond acceptors (Lipinski definition) is 2. The van der Waals surface area contributed by atoms with Gasteiger partial charge in [-0.25, -0.2) is 0 Å². The SMILES string of the molecule is Nc1cccc(C(=O)Cc2ccc(Cl)c(Cl)c2)c1. The van der Waals surface area contributed by atoms with Gasteiger partial charge >= 0.3 is 0 Å². The summed E-state index contributed by atoms with van der Waals surface area (Å²) >= 11 is 11.7. The van der Waals surface area contributed by atoms with E-state index in [1.165, 1.54) is 0 Å². The molecular weight excluding hydrogens is 269 g/mol. The highest BCUT2D eigenvalue weighted by molar-refractivity contribution is 6.42. The lowest BCUT2D eigenvalue weighted by molar-refractivity contribution is 0.0993. The minimum absolute atomic E-state index is 0.000638. The Hall–Kier alpha value is -1.51. The molecule has 0 aliphatic heterocycles. The molecule has 92 valence electrons. The monoisotopic (exact) mass is 279 g/mol. The third-order valence-corrected chi connectivity index (χ3v) is 3.30. The molecule has 0 atom stereocenters. The molecule has 0 saturated carbocycles. The number of Topliss-reactive ketones (excluding diaryl/α,β-unsaturated/α-hetero) is 1. The second kappa shape index (κ2) is 5.42. The number of nitrogen functional groups attached to an aromatic ring is 1. The van der Waals surface area contributed by atoms with Gasteiger partial charge in [0.05, 0.1) is 10.0 Å². The fourth-order valence-electron chi connectivity index (χ4n) is 1.65. The molecule has 2 aromatic rings. The maximum absolute atomic E-state index is 12.0. The quantitative estimate of drug-likeness (QED) is 0.682. The number of ketones is 1. The standard InChI is InChI=1S/C14H11Cl2NO/c15-12-5-4-9(6-13(12)16)7-14(18)10-2-1-3-11(17)8-10/h1-6,8H,7,17H2. The van der Waals surface area contributed by atoms with Gasteiger partial charge in [-0.05, 0) is 29.8 Å². The largest absolute Gasteiger partial charge is 0.399 e. The van der Waals surface area contributed by atoms with Gasteiger partial charge in [-0.2, -0.15) is 0 Å². The van der Waals surface area contributed by atoms with E-state index in [-0.39, 0.29) is 12.2 Å². The summed E-state index contributed by atoms with van der Waals surface area (Å²) in [4.78, 5) is 12.0. The van der Waals surface area contributed by atoms with Crippen molar-refractivity contribution in [2.75, 3.05) is 5.73 Å². The van der Waals surface area contributed by atoms with E-state index in [1.54, 1.807) is 42.5 Å². The third kappa shape index (κ3) is 3.03. The van der Waals surface area contributed by atoms with Crippen molar-refractivity contribution in [3.05, 3.63) is 63.6 Å². The van der Waals surface area contributed by atoms with Crippen LogP contribution in [0.4, 0.5) is 5.69 Å². The van der Waals surface area contributed by atoms with E-state index in [0.29, 0.717) is 21.3 Å². The second-order valence-electron chi connectivity index (χ2n) is 3.97. The first-order valence-corrected chi connectivity index (χ1v) is 6.14. The van der Waals surface area contributed by atoms with E-state index in [4.69, 9.17) is 28.9 Å². The van der Waals surface area contributed by atoms with Crippen molar-refractivity contribution in [2.24, 2.45) is 0 Å². The molecule has 2 rings (SSSR count). The molecule has 2 nitrogen and oxygen atoms in total. The van der Waals surface area contributed by atoms with Gasteiger partial charge in [-0.15, -0.1) is 0 Å². The second-order valence-corrected chi connectivity index (χ2v) is 4.79. The number of carbonyl (C=O) groups is 1. The first kappa shape index (κ1) is 12.9. The Labute approximate surface area is 115 Å². The zero-order valence-electron chi connectivity index (χ0n) is 9.49. The zero-order valence-corrected chi connectivity index (χ0v) is 11.0. The smallest absolute Gasteiger partial charge is 0.167 e. The van der Waals surface area contributed by atoms with Crippen molar-refractivity contribution in [1.29, 1.82) is 0 Å². The number of halogens is 2. The normalized spacial score (nSPS) is 10.3. The highest BCUT2D eigenvalue weighted by Gasteiger charge is 2.08. The predicted molar refractivity (Wildman–Crippen MR) is 75.4 cm³/mol. The van der Waals surface area contributed by atoms with Crippen molar-refractivity contribution < 1.29 is 4.79 Å². The third-order valence-electron chi connectivity index (χ3n) is 2.56.